The second kappa shape index (κ2) is 4.53. The summed E-state index contributed by atoms with van der Waals surface area (Å²) in [4.78, 5) is 12.4. The summed E-state index contributed by atoms with van der Waals surface area (Å²) in [5.74, 6) is 0.635. The summed E-state index contributed by atoms with van der Waals surface area (Å²) in [6.45, 7) is 1.91. The molecule has 2 N–H and O–H groups in total. The van der Waals surface area contributed by atoms with Gasteiger partial charge in [-0.3, -0.25) is 4.98 Å². The van der Waals surface area contributed by atoms with Gasteiger partial charge in [0, 0.05) is 29.2 Å². The van der Waals surface area contributed by atoms with Crippen LogP contribution < -0.4 is 10.5 Å². The van der Waals surface area contributed by atoms with Crippen LogP contribution in [0.3, 0.4) is 0 Å². The van der Waals surface area contributed by atoms with Gasteiger partial charge in [-0.2, -0.15) is 0 Å². The van der Waals surface area contributed by atoms with Gasteiger partial charge in [0.2, 0.25) is 0 Å². The number of aromatic nitrogens is 3. The molecule has 0 saturated carbocycles. The third kappa shape index (κ3) is 2.30. The van der Waals surface area contributed by atoms with E-state index in [1.54, 1.807) is 18.5 Å². The fraction of sp³-hybridized carbons (Fsp3) is 0.0714. The molecule has 19 heavy (non-hydrogen) atoms. The minimum absolute atomic E-state index is 0.306. The molecule has 94 valence electrons. The largest absolute Gasteiger partial charge is 0.424 e. The summed E-state index contributed by atoms with van der Waals surface area (Å²) in [7, 11) is 0. The van der Waals surface area contributed by atoms with Gasteiger partial charge in [-0.15, -0.1) is 0 Å². The third-order valence-electron chi connectivity index (χ3n) is 2.69. The molecule has 0 fully saturated rings. The highest BCUT2D eigenvalue weighted by Crippen LogP contribution is 2.26. The number of anilines is 1. The zero-order valence-electron chi connectivity index (χ0n) is 10.4. The first-order valence-corrected chi connectivity index (χ1v) is 5.84. The summed E-state index contributed by atoms with van der Waals surface area (Å²) in [6, 6.07) is 9.42. The van der Waals surface area contributed by atoms with Crippen LogP contribution in [-0.4, -0.2) is 15.0 Å². The van der Waals surface area contributed by atoms with Crippen molar-refractivity contribution in [3.05, 3.63) is 48.4 Å². The standard InChI is InChI=1S/C14H12N4O/c1-9-7-12(15)11-8-10(3-4-13(11)18-9)19-14-16-5-2-6-17-14/h2-8H,1H3,(H2,15,18). The highest BCUT2D eigenvalue weighted by molar-refractivity contribution is 5.91. The molecule has 0 spiro atoms. The Labute approximate surface area is 110 Å². The lowest BCUT2D eigenvalue weighted by Gasteiger charge is -2.07. The number of ether oxygens (including phenoxy) is 1. The lowest BCUT2D eigenvalue weighted by atomic mass is 10.1. The van der Waals surface area contributed by atoms with E-state index in [0.717, 1.165) is 16.6 Å². The van der Waals surface area contributed by atoms with Gasteiger partial charge < -0.3 is 10.5 Å². The van der Waals surface area contributed by atoms with Gasteiger partial charge >= 0.3 is 6.01 Å². The molecule has 0 aliphatic carbocycles. The Bertz CT molecular complexity index is 728. The Balaban J connectivity index is 2.02. The second-order valence-electron chi connectivity index (χ2n) is 4.17. The molecular formula is C14H12N4O. The molecule has 0 atom stereocenters. The molecule has 5 nitrogen and oxygen atoms in total. The Morgan fingerprint density at radius 3 is 2.68 bits per heavy atom. The predicted molar refractivity (Wildman–Crippen MR) is 73.0 cm³/mol. The molecule has 0 saturated heterocycles. The normalized spacial score (nSPS) is 10.6. The number of nitrogens with two attached hydrogens (primary N) is 1. The van der Waals surface area contributed by atoms with Crippen LogP contribution >= 0.6 is 0 Å². The zero-order valence-corrected chi connectivity index (χ0v) is 10.4. The summed E-state index contributed by atoms with van der Waals surface area (Å²) in [5.41, 5.74) is 8.41. The molecule has 3 rings (SSSR count). The number of benzene rings is 1. The first-order chi connectivity index (χ1) is 9.22. The molecule has 0 bridgehead atoms. The number of rotatable bonds is 2. The van der Waals surface area contributed by atoms with E-state index in [1.807, 2.05) is 31.2 Å². The SMILES string of the molecule is Cc1cc(N)c2cc(Oc3ncccn3)ccc2n1. The molecular weight excluding hydrogens is 240 g/mol. The number of nitrogen functional groups attached to an aromatic ring is 1. The second-order valence-corrected chi connectivity index (χ2v) is 4.17. The van der Waals surface area contributed by atoms with Crippen LogP contribution in [0.25, 0.3) is 10.9 Å². The summed E-state index contributed by atoms with van der Waals surface area (Å²) >= 11 is 0. The number of aryl methyl sites for hydroxylation is 1. The van der Waals surface area contributed by atoms with Crippen molar-refractivity contribution in [3.8, 4) is 11.8 Å². The van der Waals surface area contributed by atoms with Crippen molar-refractivity contribution < 1.29 is 4.74 Å². The number of fused-ring (bicyclic) bond motifs is 1. The number of nitrogens with zero attached hydrogens (tertiary/aromatic N) is 3. The van der Waals surface area contributed by atoms with E-state index in [9.17, 15) is 0 Å². The van der Waals surface area contributed by atoms with Crippen molar-refractivity contribution >= 4 is 16.6 Å². The first-order valence-electron chi connectivity index (χ1n) is 5.84. The lowest BCUT2D eigenvalue weighted by molar-refractivity contribution is 0.442. The summed E-state index contributed by atoms with van der Waals surface area (Å²) < 4.78 is 5.57. The molecule has 0 amide bonds. The Kier molecular flexibility index (Phi) is 2.72. The van der Waals surface area contributed by atoms with Crippen LogP contribution in [0, 0.1) is 6.92 Å². The maximum Gasteiger partial charge on any atom is 0.321 e. The van der Waals surface area contributed by atoms with E-state index < -0.39 is 0 Å². The van der Waals surface area contributed by atoms with Crippen molar-refractivity contribution in [1.29, 1.82) is 0 Å². The van der Waals surface area contributed by atoms with E-state index in [2.05, 4.69) is 15.0 Å². The molecule has 0 aliphatic rings. The van der Waals surface area contributed by atoms with Gasteiger partial charge in [-0.25, -0.2) is 9.97 Å². The molecule has 3 aromatic rings. The highest BCUT2D eigenvalue weighted by atomic mass is 16.5. The van der Waals surface area contributed by atoms with Crippen LogP contribution in [0.5, 0.6) is 11.8 Å². The van der Waals surface area contributed by atoms with Crippen LogP contribution in [0.2, 0.25) is 0 Å². The van der Waals surface area contributed by atoms with Gasteiger partial charge in [-0.05, 0) is 37.3 Å². The average Bonchev–Trinajstić information content (AvgIpc) is 2.40. The molecule has 2 aromatic heterocycles. The van der Waals surface area contributed by atoms with Gasteiger partial charge in [0.05, 0.1) is 5.52 Å². The molecule has 0 unspecified atom stereocenters. The van der Waals surface area contributed by atoms with E-state index in [4.69, 9.17) is 10.5 Å². The van der Waals surface area contributed by atoms with E-state index in [1.165, 1.54) is 0 Å². The Morgan fingerprint density at radius 1 is 1.11 bits per heavy atom. The van der Waals surface area contributed by atoms with Crippen molar-refractivity contribution in [2.75, 3.05) is 5.73 Å². The quantitative estimate of drug-likeness (QED) is 0.759. The fourth-order valence-electron chi connectivity index (χ4n) is 1.88. The number of pyridine rings is 1. The fourth-order valence-corrected chi connectivity index (χ4v) is 1.88. The number of hydrogen-bond donors (Lipinski definition) is 1. The first kappa shape index (κ1) is 11.4. The minimum atomic E-state index is 0.306. The molecule has 2 heterocycles. The van der Waals surface area contributed by atoms with Crippen LogP contribution in [0.1, 0.15) is 5.69 Å². The number of hydrogen-bond acceptors (Lipinski definition) is 5. The maximum atomic E-state index is 5.99. The van der Waals surface area contributed by atoms with Gasteiger partial charge in [-0.1, -0.05) is 0 Å². The predicted octanol–water partition coefficient (Wildman–Crippen LogP) is 2.71. The molecule has 0 aliphatic heterocycles. The Morgan fingerprint density at radius 2 is 1.89 bits per heavy atom. The summed E-state index contributed by atoms with van der Waals surface area (Å²) in [5, 5.41) is 0.860. The van der Waals surface area contributed by atoms with E-state index in [0.29, 0.717) is 17.4 Å². The van der Waals surface area contributed by atoms with Crippen molar-refractivity contribution in [1.82, 2.24) is 15.0 Å². The average molecular weight is 252 g/mol. The highest BCUT2D eigenvalue weighted by Gasteiger charge is 2.05. The topological polar surface area (TPSA) is 73.9 Å². The van der Waals surface area contributed by atoms with Crippen molar-refractivity contribution in [2.24, 2.45) is 0 Å². The minimum Gasteiger partial charge on any atom is -0.424 e. The van der Waals surface area contributed by atoms with Gasteiger partial charge in [0.1, 0.15) is 5.75 Å². The smallest absolute Gasteiger partial charge is 0.321 e. The van der Waals surface area contributed by atoms with Crippen molar-refractivity contribution in [2.45, 2.75) is 6.92 Å². The zero-order chi connectivity index (χ0) is 13.2. The summed E-state index contributed by atoms with van der Waals surface area (Å²) in [6.07, 6.45) is 3.26. The van der Waals surface area contributed by atoms with E-state index >= 15 is 0 Å². The van der Waals surface area contributed by atoms with Crippen LogP contribution in [0.15, 0.2) is 42.7 Å². The van der Waals surface area contributed by atoms with Gasteiger partial charge in [0.25, 0.3) is 0 Å². The third-order valence-corrected chi connectivity index (χ3v) is 2.69. The lowest BCUT2D eigenvalue weighted by Crippen LogP contribution is -1.94. The Hall–Kier alpha value is -2.69. The molecule has 5 heteroatoms. The monoisotopic (exact) mass is 252 g/mol. The maximum absolute atomic E-state index is 5.99. The van der Waals surface area contributed by atoms with E-state index in [-0.39, 0.29) is 0 Å². The van der Waals surface area contributed by atoms with Gasteiger partial charge in [0.15, 0.2) is 0 Å². The molecule has 1 aromatic carbocycles. The molecule has 0 radical (unpaired) electrons. The van der Waals surface area contributed by atoms with Crippen LogP contribution in [0.4, 0.5) is 5.69 Å². The van der Waals surface area contributed by atoms with Crippen molar-refractivity contribution in [3.63, 3.8) is 0 Å². The van der Waals surface area contributed by atoms with Crippen LogP contribution in [-0.2, 0) is 0 Å².